The summed E-state index contributed by atoms with van der Waals surface area (Å²) in [5, 5.41) is 15.4. The number of amides is 2. The fourth-order valence-corrected chi connectivity index (χ4v) is 112. The Morgan fingerprint density at radius 1 is 0.690 bits per heavy atom. The molecule has 2 heterocycles. The summed E-state index contributed by atoms with van der Waals surface area (Å²) in [6.07, 6.45) is 15.4. The first-order valence-corrected chi connectivity index (χ1v) is 49.7. The topological polar surface area (TPSA) is 188 Å². The van der Waals surface area contributed by atoms with Crippen molar-refractivity contribution in [1.29, 1.82) is 0 Å². The van der Waals surface area contributed by atoms with Crippen LogP contribution in [0.3, 0.4) is 0 Å². The Kier molecular flexibility index (Phi) is 49.5. The Hall–Kier alpha value is 1.33. The fraction of sp³-hybridized carbons (Fsp3) is 0.704. The van der Waals surface area contributed by atoms with Gasteiger partial charge in [-0.3, -0.25) is 14.6 Å². The van der Waals surface area contributed by atoms with Gasteiger partial charge in [0.2, 0.25) is 0 Å². The SMILES string of the molecule is C=C=NCC.CCCNC(=O)NCCOc1ccc(CCO[C@H]2CCCCC2N2CC[C@@H](OC(=O)CCC)C2)cc1OC.COc1cc(CCOC2CCCCC2N2CC[C@@H](O)C2)ccc1OCCN.Cl.Cl.PP(P)P(P)P(P(P)P)P(P)P. The minimum Gasteiger partial charge on any atom is -0.493 e. The molecule has 16 nitrogen and oxygen atoms in total. The van der Waals surface area contributed by atoms with Crippen LogP contribution in [-0.4, -0.2) is 162 Å². The molecule has 4 fully saturated rings. The molecule has 14 atom stereocenters. The van der Waals surface area contributed by atoms with Gasteiger partial charge in [-0.2, -0.15) is 0 Å². The third-order valence-electron chi connectivity index (χ3n) is 14.0. The van der Waals surface area contributed by atoms with E-state index in [2.05, 4.69) is 106 Å². The Morgan fingerprint density at radius 3 is 1.63 bits per heavy atom. The molecule has 4 aliphatic rings. The van der Waals surface area contributed by atoms with Crippen LogP contribution in [0.4, 0.5) is 4.79 Å². The van der Waals surface area contributed by atoms with Crippen molar-refractivity contribution in [3.8, 4) is 23.0 Å². The summed E-state index contributed by atoms with van der Waals surface area (Å²) in [5.41, 5.74) is 7.80. The number of carbonyl (C=O) groups excluding carboxylic acids is 2. The number of likely N-dealkylation sites (tertiary alicyclic amines) is 2. The molecule has 6 rings (SSSR count). The standard InChI is InChI=1S/C29H47N3O6.C21H34N2O4.C4H7N.2ClH.H14P12/c1-4-8-28(33)38-23-13-17-32(21-23)24-9-6-7-10-25(24)36-18-14-22-11-12-26(27(20-22)35-3)37-19-16-31-29(34)30-15-5-2;1-25-21-14-16(6-7-20(21)27-13-10-22)9-12-26-19-5-3-2-4-18(19)23-11-8-17(24)15-23;1-3-5-4-2;;;1-8(2)11(7)12(9(3)4)10(5)6/h11-12,20,23-25H,4-10,13-19,21H2,1-3H3,(H2,30,31,34);6-7,14,17-19,24H,2-5,8-13,15,22H2,1H3;1,4H2,2H3;2*1H;1-7H2/t23-,24?,25+;17-,18?,19?;;;;/m11..../s1. The van der Waals surface area contributed by atoms with Crippen LogP contribution in [0.1, 0.15) is 115 Å². The number of hydrogen-bond donors (Lipinski definition) is 4. The second-order valence-corrected chi connectivity index (χ2v) is 65.1. The number of β-amino-alcohol motifs (C(OH)–C–C–N with tert-alkyl or cyclic N) is 1. The van der Waals surface area contributed by atoms with Gasteiger partial charge in [0.15, 0.2) is 23.0 Å². The number of nitrogens with two attached hydrogens (primary N) is 1. The number of benzene rings is 2. The lowest BCUT2D eigenvalue weighted by Crippen LogP contribution is -2.46. The zero-order valence-electron chi connectivity index (χ0n) is 50.4. The van der Waals surface area contributed by atoms with Gasteiger partial charge in [-0.05, 0) is 154 Å². The molecule has 0 spiro atoms. The quantitative estimate of drug-likeness (QED) is 0.0261. The van der Waals surface area contributed by atoms with E-state index in [-0.39, 0.29) is 96.2 Å². The molecule has 0 radical (unpaired) electrons. The smallest absolute Gasteiger partial charge is 0.314 e. The van der Waals surface area contributed by atoms with E-state index in [1.807, 2.05) is 51.1 Å². The first-order chi connectivity index (χ1) is 39.5. The lowest BCUT2D eigenvalue weighted by Gasteiger charge is -2.37. The molecule has 2 aliphatic heterocycles. The van der Waals surface area contributed by atoms with E-state index in [1.54, 1.807) is 14.2 Å². The molecule has 2 aromatic carbocycles. The third kappa shape index (κ3) is 32.7. The number of hydrogen-bond acceptors (Lipinski definition) is 14. The summed E-state index contributed by atoms with van der Waals surface area (Å²) in [6, 6.07) is 12.6. The second-order valence-electron chi connectivity index (χ2n) is 20.1. The van der Waals surface area contributed by atoms with Gasteiger partial charge in [-0.1, -0.05) is 51.7 Å². The number of nitrogens with zero attached hydrogens (tertiary/aromatic N) is 3. The lowest BCUT2D eigenvalue weighted by atomic mass is 9.91. The molecule has 30 heteroatoms. The number of halogens is 2. The Bertz CT molecular complexity index is 2140. The highest BCUT2D eigenvalue weighted by atomic mass is 35.5. The number of urea groups is 1. The summed E-state index contributed by atoms with van der Waals surface area (Å²) in [4.78, 5) is 32.1. The number of rotatable bonds is 29. The zero-order valence-corrected chi connectivity index (χ0v) is 64.5. The highest BCUT2D eigenvalue weighted by Crippen LogP contribution is 3.16. The van der Waals surface area contributed by atoms with Gasteiger partial charge in [-0.25, -0.2) is 9.79 Å². The first-order valence-electron chi connectivity index (χ1n) is 28.9. The van der Waals surface area contributed by atoms with E-state index in [1.165, 1.54) is 37.7 Å². The van der Waals surface area contributed by atoms with Gasteiger partial charge in [-0.15, -0.1) is 87.3 Å². The van der Waals surface area contributed by atoms with Gasteiger partial charge >= 0.3 is 12.0 Å². The van der Waals surface area contributed by atoms with E-state index >= 15 is 0 Å². The molecular weight excluding hydrogens is 1340 g/mol. The maximum atomic E-state index is 11.9. The molecule has 84 heavy (non-hydrogen) atoms. The number of nitrogens with one attached hydrogen (secondary N) is 2. The van der Waals surface area contributed by atoms with Crippen LogP contribution in [0.5, 0.6) is 23.0 Å². The Labute approximate surface area is 539 Å². The van der Waals surface area contributed by atoms with Crippen molar-refractivity contribution >= 4 is 140 Å². The summed E-state index contributed by atoms with van der Waals surface area (Å²) in [6.45, 7) is 18.0. The molecular formula is C54H104Cl2N6O10P12. The van der Waals surface area contributed by atoms with Crippen LogP contribution in [0, 0.1) is 0 Å². The third-order valence-corrected chi connectivity index (χ3v) is 80.6. The average Bonchev–Trinajstić information content (AvgIpc) is 3.75. The molecule has 5 N–H and O–H groups in total. The van der Waals surface area contributed by atoms with Gasteiger partial charge in [0.1, 0.15) is 19.3 Å². The maximum absolute atomic E-state index is 11.9. The molecule has 2 aromatic rings. The molecule has 2 saturated heterocycles. The minimum atomic E-state index is -0.182. The predicted molar refractivity (Wildman–Crippen MR) is 393 cm³/mol. The van der Waals surface area contributed by atoms with Crippen molar-refractivity contribution in [3.63, 3.8) is 0 Å². The van der Waals surface area contributed by atoms with Crippen LogP contribution < -0.4 is 35.3 Å². The van der Waals surface area contributed by atoms with E-state index in [0.717, 1.165) is 108 Å². The van der Waals surface area contributed by atoms with E-state index < -0.39 is 0 Å². The van der Waals surface area contributed by atoms with Crippen molar-refractivity contribution in [1.82, 2.24) is 20.4 Å². The maximum Gasteiger partial charge on any atom is 0.314 e. The summed E-state index contributed by atoms with van der Waals surface area (Å²) < 4.78 is 40.8. The van der Waals surface area contributed by atoms with Gasteiger partial charge < -0.3 is 54.6 Å². The van der Waals surface area contributed by atoms with Crippen molar-refractivity contribution in [2.45, 2.75) is 154 Å². The highest BCUT2D eigenvalue weighted by Gasteiger charge is 2.37. The number of aliphatic imine (C=N–C) groups is 1. The number of carbonyl (C=O) groups is 2. The normalized spacial score (nSPS) is 20.7. The fourth-order valence-electron chi connectivity index (χ4n) is 10.0. The molecule has 484 valence electrons. The number of ether oxygens (including phenoxy) is 7. The molecule has 2 amide bonds. The monoisotopic (exact) mass is 1440 g/mol. The summed E-state index contributed by atoms with van der Waals surface area (Å²) in [7, 11) is 24.3. The highest BCUT2D eigenvalue weighted by molar-refractivity contribution is 9.21. The summed E-state index contributed by atoms with van der Waals surface area (Å²) in [5.74, 6) is 5.12. The van der Waals surface area contributed by atoms with Gasteiger partial charge in [0.25, 0.3) is 0 Å². The second kappa shape index (κ2) is 49.9. The lowest BCUT2D eigenvalue weighted by molar-refractivity contribution is -0.148. The van der Waals surface area contributed by atoms with Crippen molar-refractivity contribution in [3.05, 3.63) is 54.1 Å². The largest absolute Gasteiger partial charge is 0.493 e. The first kappa shape index (κ1) is 83.3. The van der Waals surface area contributed by atoms with Crippen LogP contribution in [-0.2, 0) is 31.8 Å². The van der Waals surface area contributed by atoms with E-state index in [4.69, 9.17) is 38.9 Å². The molecule has 0 bridgehead atoms. The number of aliphatic hydroxyl groups is 1. The van der Waals surface area contributed by atoms with Crippen molar-refractivity contribution in [2.75, 3.05) is 93.0 Å². The molecule has 2 saturated carbocycles. The molecule has 2 aliphatic carbocycles. The van der Waals surface area contributed by atoms with E-state index in [9.17, 15) is 14.7 Å². The number of methoxy groups -OCH3 is 2. The van der Waals surface area contributed by atoms with Gasteiger partial charge in [0, 0.05) is 64.3 Å². The number of esters is 1. The zero-order chi connectivity index (χ0) is 60.2. The van der Waals surface area contributed by atoms with Crippen LogP contribution in [0.15, 0.2) is 48.0 Å². The van der Waals surface area contributed by atoms with Crippen molar-refractivity contribution < 1.29 is 47.9 Å². The van der Waals surface area contributed by atoms with E-state index in [0.29, 0.717) is 76.1 Å². The van der Waals surface area contributed by atoms with Crippen LogP contribution >= 0.6 is 122 Å². The van der Waals surface area contributed by atoms with Crippen molar-refractivity contribution in [2.24, 2.45) is 10.7 Å². The Balaban J connectivity index is 0.000000664. The Morgan fingerprint density at radius 2 is 1.20 bits per heavy atom. The summed E-state index contributed by atoms with van der Waals surface area (Å²) >= 11 is 0. The average molecular weight is 1440 g/mol. The predicted octanol–water partition coefficient (Wildman–Crippen LogP) is 14.3. The van der Waals surface area contributed by atoms with Crippen LogP contribution in [0.2, 0.25) is 0 Å². The number of aliphatic hydroxyl groups excluding tert-OH is 1. The molecule has 11 unspecified atom stereocenters. The molecule has 0 aromatic heterocycles. The van der Waals surface area contributed by atoms with Gasteiger partial charge in [0.05, 0.1) is 52.3 Å². The minimum absolute atomic E-state index is 0. The van der Waals surface area contributed by atoms with Crippen LogP contribution in [0.25, 0.3) is 0 Å².